The van der Waals surface area contributed by atoms with Gasteiger partial charge in [0, 0.05) is 18.2 Å². The fourth-order valence-electron chi connectivity index (χ4n) is 1.78. The summed E-state index contributed by atoms with van der Waals surface area (Å²) in [5, 5.41) is 8.73. The second-order valence-corrected chi connectivity index (χ2v) is 4.04. The minimum absolute atomic E-state index is 0.110. The molecule has 0 saturated heterocycles. The number of halogens is 1. The zero-order valence-electron chi connectivity index (χ0n) is 10.4. The van der Waals surface area contributed by atoms with E-state index in [0.29, 0.717) is 12.1 Å². The Morgan fingerprint density at radius 3 is 2.33 bits per heavy atom. The average molecular weight is 253 g/mol. The molecule has 0 aliphatic carbocycles. The van der Waals surface area contributed by atoms with Crippen LogP contribution in [0.15, 0.2) is 24.3 Å². The third-order valence-electron chi connectivity index (χ3n) is 2.69. The summed E-state index contributed by atoms with van der Waals surface area (Å²) < 4.78 is 12.8. The Labute approximate surface area is 105 Å². The molecule has 1 atom stereocenters. The summed E-state index contributed by atoms with van der Waals surface area (Å²) in [6, 6.07) is 4.82. The van der Waals surface area contributed by atoms with Crippen molar-refractivity contribution < 1.29 is 19.1 Å². The van der Waals surface area contributed by atoms with E-state index in [1.54, 1.807) is 13.8 Å². The number of benzene rings is 1. The molecule has 0 aliphatic heterocycles. The van der Waals surface area contributed by atoms with Crippen molar-refractivity contribution in [3.05, 3.63) is 35.6 Å². The number of hydrogen-bond donors (Lipinski definition) is 1. The molecule has 0 aromatic heterocycles. The first-order valence-corrected chi connectivity index (χ1v) is 5.74. The topological polar surface area (TPSA) is 57.6 Å². The Bertz CT molecular complexity index is 430. The van der Waals surface area contributed by atoms with Gasteiger partial charge in [-0.25, -0.2) is 4.39 Å². The summed E-state index contributed by atoms with van der Waals surface area (Å²) in [6.07, 6.45) is -0.110. The zero-order chi connectivity index (χ0) is 13.7. The molecule has 0 saturated carbocycles. The van der Waals surface area contributed by atoms with Gasteiger partial charge in [0.1, 0.15) is 5.82 Å². The number of aliphatic carboxylic acids is 1. The van der Waals surface area contributed by atoms with Crippen molar-refractivity contribution in [2.45, 2.75) is 26.3 Å². The number of carbonyl (C=O) groups is 2. The minimum atomic E-state index is -0.951. The summed E-state index contributed by atoms with van der Waals surface area (Å²) in [4.78, 5) is 24.2. The van der Waals surface area contributed by atoms with Gasteiger partial charge in [0.2, 0.25) is 0 Å². The Balaban J connectivity index is 2.85. The molecule has 0 aliphatic rings. The molecule has 4 nitrogen and oxygen atoms in total. The van der Waals surface area contributed by atoms with Crippen molar-refractivity contribution >= 4 is 11.9 Å². The minimum Gasteiger partial charge on any atom is -0.481 e. The van der Waals surface area contributed by atoms with Gasteiger partial charge in [-0.05, 0) is 38.1 Å². The third-order valence-corrected chi connectivity index (χ3v) is 2.69. The van der Waals surface area contributed by atoms with Gasteiger partial charge in [0.05, 0.1) is 6.42 Å². The number of carboxylic acid groups (broad SMARTS) is 1. The van der Waals surface area contributed by atoms with E-state index in [4.69, 9.17) is 5.11 Å². The van der Waals surface area contributed by atoms with Crippen LogP contribution in [0.4, 0.5) is 4.39 Å². The van der Waals surface area contributed by atoms with Crippen LogP contribution in [0, 0.1) is 5.82 Å². The highest BCUT2D eigenvalue weighted by Gasteiger charge is 2.21. The Morgan fingerprint density at radius 1 is 1.33 bits per heavy atom. The van der Waals surface area contributed by atoms with E-state index in [-0.39, 0.29) is 12.3 Å². The maximum absolute atomic E-state index is 12.8. The lowest BCUT2D eigenvalue weighted by Gasteiger charge is -2.27. The summed E-state index contributed by atoms with van der Waals surface area (Å²) >= 11 is 0. The molecule has 1 amide bonds. The van der Waals surface area contributed by atoms with E-state index in [1.165, 1.54) is 29.2 Å². The molecule has 1 rings (SSSR count). The van der Waals surface area contributed by atoms with E-state index in [1.807, 2.05) is 0 Å². The number of amides is 1. The van der Waals surface area contributed by atoms with Gasteiger partial charge in [-0.3, -0.25) is 9.59 Å². The van der Waals surface area contributed by atoms with Gasteiger partial charge in [-0.15, -0.1) is 0 Å². The van der Waals surface area contributed by atoms with Gasteiger partial charge in [-0.2, -0.15) is 0 Å². The molecule has 5 heteroatoms. The monoisotopic (exact) mass is 253 g/mol. The average Bonchev–Trinajstić information content (AvgIpc) is 2.29. The molecule has 1 unspecified atom stereocenters. The van der Waals surface area contributed by atoms with Gasteiger partial charge >= 0.3 is 5.97 Å². The highest BCUT2D eigenvalue weighted by Crippen LogP contribution is 2.11. The molecule has 0 radical (unpaired) electrons. The van der Waals surface area contributed by atoms with Crippen LogP contribution in [-0.4, -0.2) is 34.5 Å². The lowest BCUT2D eigenvalue weighted by molar-refractivity contribution is -0.138. The van der Waals surface area contributed by atoms with Gasteiger partial charge in [-0.1, -0.05) is 0 Å². The smallest absolute Gasteiger partial charge is 0.305 e. The van der Waals surface area contributed by atoms with Gasteiger partial charge < -0.3 is 10.0 Å². The van der Waals surface area contributed by atoms with Crippen molar-refractivity contribution in [2.75, 3.05) is 6.54 Å². The van der Waals surface area contributed by atoms with E-state index < -0.39 is 17.8 Å². The Hall–Kier alpha value is -1.91. The van der Waals surface area contributed by atoms with Gasteiger partial charge in [0.15, 0.2) is 0 Å². The van der Waals surface area contributed by atoms with Crippen LogP contribution in [0.2, 0.25) is 0 Å². The summed E-state index contributed by atoms with van der Waals surface area (Å²) in [7, 11) is 0. The second-order valence-electron chi connectivity index (χ2n) is 4.04. The van der Waals surface area contributed by atoms with Crippen LogP contribution in [-0.2, 0) is 4.79 Å². The van der Waals surface area contributed by atoms with Crippen molar-refractivity contribution in [1.82, 2.24) is 4.90 Å². The molecule has 98 valence electrons. The molecule has 1 N–H and O–H groups in total. The SMILES string of the molecule is CCN(C(=O)c1ccc(F)cc1)C(C)CC(=O)O. The van der Waals surface area contributed by atoms with Crippen molar-refractivity contribution in [1.29, 1.82) is 0 Å². The number of carboxylic acids is 1. The molecule has 0 heterocycles. The predicted octanol–water partition coefficient (Wildman–Crippen LogP) is 2.15. The largest absolute Gasteiger partial charge is 0.481 e. The number of rotatable bonds is 5. The molecular formula is C13H16FNO3. The first-order valence-electron chi connectivity index (χ1n) is 5.74. The first-order chi connectivity index (χ1) is 8.45. The maximum Gasteiger partial charge on any atom is 0.305 e. The second kappa shape index (κ2) is 6.14. The Kier molecular flexibility index (Phi) is 4.83. The molecule has 1 aromatic carbocycles. The molecule has 0 bridgehead atoms. The van der Waals surface area contributed by atoms with Crippen LogP contribution >= 0.6 is 0 Å². The van der Waals surface area contributed by atoms with Crippen LogP contribution < -0.4 is 0 Å². The fraction of sp³-hybridized carbons (Fsp3) is 0.385. The maximum atomic E-state index is 12.8. The van der Waals surface area contributed by atoms with E-state index in [2.05, 4.69) is 0 Å². The molecular weight excluding hydrogens is 237 g/mol. The van der Waals surface area contributed by atoms with Gasteiger partial charge in [0.25, 0.3) is 5.91 Å². The van der Waals surface area contributed by atoms with Crippen LogP contribution in [0.1, 0.15) is 30.6 Å². The van der Waals surface area contributed by atoms with Crippen LogP contribution in [0.25, 0.3) is 0 Å². The standard InChI is InChI=1S/C13H16FNO3/c1-3-15(9(2)8-12(16)17)13(18)10-4-6-11(14)7-5-10/h4-7,9H,3,8H2,1-2H3,(H,16,17). The fourth-order valence-corrected chi connectivity index (χ4v) is 1.78. The summed E-state index contributed by atoms with van der Waals surface area (Å²) in [5.74, 6) is -1.65. The highest BCUT2D eigenvalue weighted by atomic mass is 19.1. The zero-order valence-corrected chi connectivity index (χ0v) is 10.4. The molecule has 0 fully saturated rings. The van der Waals surface area contributed by atoms with Crippen molar-refractivity contribution in [2.24, 2.45) is 0 Å². The van der Waals surface area contributed by atoms with E-state index in [9.17, 15) is 14.0 Å². The molecule has 1 aromatic rings. The number of hydrogen-bond acceptors (Lipinski definition) is 2. The third kappa shape index (κ3) is 3.55. The van der Waals surface area contributed by atoms with Crippen molar-refractivity contribution in [3.8, 4) is 0 Å². The van der Waals surface area contributed by atoms with E-state index >= 15 is 0 Å². The number of nitrogens with zero attached hydrogens (tertiary/aromatic N) is 1. The summed E-state index contributed by atoms with van der Waals surface area (Å²) in [5.41, 5.74) is 0.357. The lowest BCUT2D eigenvalue weighted by Crippen LogP contribution is -2.39. The highest BCUT2D eigenvalue weighted by molar-refractivity contribution is 5.94. The van der Waals surface area contributed by atoms with Crippen LogP contribution in [0.3, 0.4) is 0 Å². The van der Waals surface area contributed by atoms with Crippen LogP contribution in [0.5, 0.6) is 0 Å². The quantitative estimate of drug-likeness (QED) is 0.874. The predicted molar refractivity (Wildman–Crippen MR) is 64.8 cm³/mol. The normalized spacial score (nSPS) is 11.9. The molecule has 0 spiro atoms. The Morgan fingerprint density at radius 2 is 1.89 bits per heavy atom. The summed E-state index contributed by atoms with van der Waals surface area (Å²) in [6.45, 7) is 3.86. The lowest BCUT2D eigenvalue weighted by atomic mass is 10.1. The molecule has 18 heavy (non-hydrogen) atoms. The van der Waals surface area contributed by atoms with Crippen molar-refractivity contribution in [3.63, 3.8) is 0 Å². The first kappa shape index (κ1) is 14.2. The van der Waals surface area contributed by atoms with E-state index in [0.717, 1.165) is 0 Å². The number of carbonyl (C=O) groups excluding carboxylic acids is 1.